The Morgan fingerprint density at radius 3 is 1.91 bits per heavy atom. The summed E-state index contributed by atoms with van der Waals surface area (Å²) in [4.78, 5) is 21.1. The molecule has 0 aliphatic carbocycles. The fourth-order valence-electron chi connectivity index (χ4n) is 1.57. The average Bonchev–Trinajstić information content (AvgIpc) is 3.04. The van der Waals surface area contributed by atoms with Crippen molar-refractivity contribution in [2.24, 2.45) is 0 Å². The normalized spacial score (nSPS) is 12.0. The lowest BCUT2D eigenvalue weighted by molar-refractivity contribution is -0.115. The highest BCUT2D eigenvalue weighted by atomic mass is 16.6. The topological polar surface area (TPSA) is 55.8 Å². The second-order valence-corrected chi connectivity index (χ2v) is 4.31. The van der Waals surface area contributed by atoms with Crippen LogP contribution < -0.4 is 4.74 Å². The van der Waals surface area contributed by atoms with Crippen molar-refractivity contribution >= 4 is 12.5 Å². The quantitative estimate of drug-likeness (QED) is 0.815. The molecule has 2 aromatic rings. The number of rotatable bonds is 3. The first-order valence-electron chi connectivity index (χ1n) is 7.34. The SMILES string of the molecule is CCOc1ccccc1.O=CN1CCOC1=O.c1ccccc1. The van der Waals surface area contributed by atoms with E-state index in [9.17, 15) is 9.59 Å². The van der Waals surface area contributed by atoms with Gasteiger partial charge in [0.2, 0.25) is 6.41 Å². The van der Waals surface area contributed by atoms with E-state index in [4.69, 9.17) is 4.74 Å². The van der Waals surface area contributed by atoms with Crippen molar-refractivity contribution in [1.29, 1.82) is 0 Å². The lowest BCUT2D eigenvalue weighted by atomic mass is 10.3. The third-order valence-electron chi connectivity index (χ3n) is 2.64. The van der Waals surface area contributed by atoms with Crippen LogP contribution >= 0.6 is 0 Å². The van der Waals surface area contributed by atoms with Gasteiger partial charge in [-0.05, 0) is 19.1 Å². The van der Waals surface area contributed by atoms with Gasteiger partial charge < -0.3 is 9.47 Å². The molecule has 1 fully saturated rings. The van der Waals surface area contributed by atoms with Gasteiger partial charge in [0.1, 0.15) is 12.4 Å². The maximum Gasteiger partial charge on any atom is 0.416 e. The van der Waals surface area contributed by atoms with Crippen molar-refractivity contribution in [3.8, 4) is 5.75 Å². The van der Waals surface area contributed by atoms with E-state index >= 15 is 0 Å². The number of hydrogen-bond donors (Lipinski definition) is 0. The Kier molecular flexibility index (Phi) is 9.35. The molecule has 0 unspecified atom stereocenters. The number of cyclic esters (lactones) is 1. The number of imide groups is 1. The second-order valence-electron chi connectivity index (χ2n) is 4.31. The van der Waals surface area contributed by atoms with Crippen LogP contribution in [0.25, 0.3) is 0 Å². The molecule has 5 heteroatoms. The third kappa shape index (κ3) is 8.26. The number of para-hydroxylation sites is 1. The van der Waals surface area contributed by atoms with E-state index in [1.54, 1.807) is 0 Å². The van der Waals surface area contributed by atoms with Crippen LogP contribution in [0.3, 0.4) is 0 Å². The van der Waals surface area contributed by atoms with E-state index in [1.807, 2.05) is 73.7 Å². The minimum atomic E-state index is -0.542. The summed E-state index contributed by atoms with van der Waals surface area (Å²) in [6.45, 7) is 3.44. The molecule has 0 aromatic heterocycles. The Hall–Kier alpha value is -2.82. The maximum atomic E-state index is 10.3. The molecule has 0 atom stereocenters. The molecular formula is C18H21NO4. The summed E-state index contributed by atoms with van der Waals surface area (Å²) < 4.78 is 9.62. The highest BCUT2D eigenvalue weighted by molar-refractivity contribution is 5.81. The molecule has 0 N–H and O–H groups in total. The van der Waals surface area contributed by atoms with Crippen molar-refractivity contribution in [2.75, 3.05) is 19.8 Å². The number of carbonyl (C=O) groups excluding carboxylic acids is 2. The van der Waals surface area contributed by atoms with Gasteiger partial charge >= 0.3 is 6.09 Å². The number of benzene rings is 2. The van der Waals surface area contributed by atoms with Crippen LogP contribution in [-0.4, -0.2) is 37.2 Å². The Bertz CT molecular complexity index is 519. The summed E-state index contributed by atoms with van der Waals surface area (Å²) in [7, 11) is 0. The zero-order valence-corrected chi connectivity index (χ0v) is 13.1. The average molecular weight is 315 g/mol. The molecule has 23 heavy (non-hydrogen) atoms. The van der Waals surface area contributed by atoms with E-state index in [2.05, 4.69) is 4.74 Å². The Labute approximate surface area is 136 Å². The molecule has 1 saturated heterocycles. The zero-order valence-electron chi connectivity index (χ0n) is 13.1. The Morgan fingerprint density at radius 2 is 1.57 bits per heavy atom. The zero-order chi connectivity index (χ0) is 16.8. The van der Waals surface area contributed by atoms with Gasteiger partial charge in [0.15, 0.2) is 0 Å². The van der Waals surface area contributed by atoms with Gasteiger partial charge in [0.25, 0.3) is 0 Å². The summed E-state index contributed by atoms with van der Waals surface area (Å²) >= 11 is 0. The van der Waals surface area contributed by atoms with Crippen molar-refractivity contribution in [2.45, 2.75) is 6.92 Å². The van der Waals surface area contributed by atoms with E-state index < -0.39 is 6.09 Å². The first-order chi connectivity index (χ1) is 11.3. The van der Waals surface area contributed by atoms with Crippen LogP contribution in [0.2, 0.25) is 0 Å². The number of ether oxygens (including phenoxy) is 2. The van der Waals surface area contributed by atoms with Crippen molar-refractivity contribution in [3.63, 3.8) is 0 Å². The minimum Gasteiger partial charge on any atom is -0.494 e. The number of nitrogens with zero attached hydrogens (tertiary/aromatic N) is 1. The van der Waals surface area contributed by atoms with Crippen LogP contribution in [0.5, 0.6) is 5.75 Å². The lowest BCUT2D eigenvalue weighted by Crippen LogP contribution is -2.21. The summed E-state index contributed by atoms with van der Waals surface area (Å²) in [5, 5.41) is 0. The second kappa shape index (κ2) is 11.8. The van der Waals surface area contributed by atoms with Gasteiger partial charge in [-0.2, -0.15) is 0 Å². The largest absolute Gasteiger partial charge is 0.494 e. The van der Waals surface area contributed by atoms with Crippen molar-refractivity contribution in [1.82, 2.24) is 4.90 Å². The monoisotopic (exact) mass is 315 g/mol. The van der Waals surface area contributed by atoms with E-state index in [-0.39, 0.29) is 0 Å². The predicted octanol–water partition coefficient (Wildman–Crippen LogP) is 3.37. The molecule has 0 bridgehead atoms. The van der Waals surface area contributed by atoms with Crippen molar-refractivity contribution in [3.05, 3.63) is 66.7 Å². The fourth-order valence-corrected chi connectivity index (χ4v) is 1.57. The molecular weight excluding hydrogens is 294 g/mol. The molecule has 0 saturated carbocycles. The first kappa shape index (κ1) is 18.2. The maximum absolute atomic E-state index is 10.3. The van der Waals surface area contributed by atoms with Gasteiger partial charge in [-0.1, -0.05) is 54.6 Å². The molecule has 2 aromatic carbocycles. The van der Waals surface area contributed by atoms with Crippen LogP contribution in [0.1, 0.15) is 6.92 Å². The van der Waals surface area contributed by atoms with Crippen LogP contribution in [-0.2, 0) is 9.53 Å². The summed E-state index contributed by atoms with van der Waals surface area (Å²) in [5.41, 5.74) is 0. The molecule has 1 aliphatic heterocycles. The lowest BCUT2D eigenvalue weighted by Gasteiger charge is -1.99. The molecule has 1 heterocycles. The summed E-state index contributed by atoms with van der Waals surface area (Å²) in [6.07, 6.45) is -0.0741. The minimum absolute atomic E-state index is 0.331. The van der Waals surface area contributed by atoms with E-state index in [1.165, 1.54) is 0 Å². The smallest absolute Gasteiger partial charge is 0.416 e. The Morgan fingerprint density at radius 1 is 1.04 bits per heavy atom. The number of hydrogen-bond acceptors (Lipinski definition) is 4. The van der Waals surface area contributed by atoms with E-state index in [0.29, 0.717) is 19.6 Å². The predicted molar refractivity (Wildman–Crippen MR) is 88.2 cm³/mol. The van der Waals surface area contributed by atoms with Gasteiger partial charge in [0, 0.05) is 0 Å². The molecule has 0 spiro atoms. The molecule has 5 nitrogen and oxygen atoms in total. The molecule has 2 amide bonds. The molecule has 0 radical (unpaired) electrons. The van der Waals surface area contributed by atoms with Gasteiger partial charge in [0.05, 0.1) is 13.2 Å². The van der Waals surface area contributed by atoms with Gasteiger partial charge in [-0.3, -0.25) is 4.79 Å². The van der Waals surface area contributed by atoms with Crippen LogP contribution in [0.15, 0.2) is 66.7 Å². The molecule has 122 valence electrons. The standard InChI is InChI=1S/C8H10O.C6H6.C4H5NO3/c1-2-9-8-6-4-3-5-7-8;1-2-4-6-5-3-1;6-3-5-1-2-8-4(5)7/h3-7H,2H2,1H3;1-6H;3H,1-2H2. The van der Waals surface area contributed by atoms with Gasteiger partial charge in [-0.25, -0.2) is 9.69 Å². The highest BCUT2D eigenvalue weighted by Crippen LogP contribution is 2.06. The van der Waals surface area contributed by atoms with Crippen LogP contribution in [0, 0.1) is 0 Å². The van der Waals surface area contributed by atoms with Gasteiger partial charge in [-0.15, -0.1) is 0 Å². The molecule has 3 rings (SSSR count). The third-order valence-corrected chi connectivity index (χ3v) is 2.64. The summed E-state index contributed by atoms with van der Waals surface area (Å²) in [6, 6.07) is 21.8. The highest BCUT2D eigenvalue weighted by Gasteiger charge is 2.19. The van der Waals surface area contributed by atoms with Crippen LogP contribution in [0.4, 0.5) is 4.79 Å². The number of carbonyl (C=O) groups is 2. The van der Waals surface area contributed by atoms with Crippen molar-refractivity contribution < 1.29 is 19.1 Å². The van der Waals surface area contributed by atoms with E-state index in [0.717, 1.165) is 17.3 Å². The number of amides is 2. The summed E-state index contributed by atoms with van der Waals surface area (Å²) in [5.74, 6) is 0.944. The first-order valence-corrected chi connectivity index (χ1v) is 7.34. The molecule has 1 aliphatic rings. The Balaban J connectivity index is 0.000000176. The fraction of sp³-hybridized carbons (Fsp3) is 0.222.